The molecule has 1 aromatic heterocycles. The number of benzene rings is 1. The van der Waals surface area contributed by atoms with E-state index in [4.69, 9.17) is 16.3 Å². The zero-order valence-corrected chi connectivity index (χ0v) is 12.1. The number of carbonyl (C=O) groups is 1. The highest BCUT2D eigenvalue weighted by molar-refractivity contribution is 9.10. The molecule has 0 radical (unpaired) electrons. The van der Waals surface area contributed by atoms with Gasteiger partial charge in [0.2, 0.25) is 0 Å². The summed E-state index contributed by atoms with van der Waals surface area (Å²) in [5, 5.41) is 3.25. The predicted molar refractivity (Wildman–Crippen MR) is 77.5 cm³/mol. The first kappa shape index (κ1) is 13.8. The summed E-state index contributed by atoms with van der Waals surface area (Å²) in [4.78, 5) is 15.7. The number of hydrogen-bond donors (Lipinski definition) is 1. The fraction of sp³-hybridized carbons (Fsp3) is 0.0769. The predicted octanol–water partition coefficient (Wildman–Crippen LogP) is 3.52. The first-order valence-electron chi connectivity index (χ1n) is 5.44. The van der Waals surface area contributed by atoms with Crippen LogP contribution in [0.25, 0.3) is 0 Å². The molecule has 0 saturated heterocycles. The van der Waals surface area contributed by atoms with Crippen molar-refractivity contribution >= 4 is 39.3 Å². The van der Waals surface area contributed by atoms with E-state index in [0.717, 1.165) is 0 Å². The van der Waals surface area contributed by atoms with E-state index in [1.165, 1.54) is 0 Å². The van der Waals surface area contributed by atoms with Gasteiger partial charge in [0.05, 0.1) is 0 Å². The van der Waals surface area contributed by atoms with Crippen LogP contribution < -0.4 is 10.1 Å². The van der Waals surface area contributed by atoms with Crippen LogP contribution in [-0.4, -0.2) is 17.5 Å². The van der Waals surface area contributed by atoms with E-state index in [0.29, 0.717) is 21.2 Å². The van der Waals surface area contributed by atoms with Gasteiger partial charge in [0, 0.05) is 5.02 Å². The Morgan fingerprint density at radius 2 is 2.00 bits per heavy atom. The molecule has 0 spiro atoms. The number of pyridine rings is 1. The maximum absolute atomic E-state index is 11.6. The largest absolute Gasteiger partial charge is 0.484 e. The number of hydrogen-bond acceptors (Lipinski definition) is 3. The zero-order valence-electron chi connectivity index (χ0n) is 9.77. The fourth-order valence-corrected chi connectivity index (χ4v) is 1.81. The highest BCUT2D eigenvalue weighted by Crippen LogP contribution is 2.15. The van der Waals surface area contributed by atoms with Crippen LogP contribution in [0, 0.1) is 0 Å². The second-order valence-electron chi connectivity index (χ2n) is 3.64. The molecule has 0 atom stereocenters. The van der Waals surface area contributed by atoms with Crippen LogP contribution in [0.15, 0.2) is 47.1 Å². The second-order valence-corrected chi connectivity index (χ2v) is 4.89. The monoisotopic (exact) mass is 340 g/mol. The number of halogens is 2. The maximum atomic E-state index is 11.6. The standard InChI is InChI=1S/C13H10BrClN2O2/c14-11-2-1-3-12(16-11)17-13(18)8-19-10-6-4-9(15)5-7-10/h1-7H,8H2,(H,16,17,18). The molecule has 19 heavy (non-hydrogen) atoms. The molecule has 4 nitrogen and oxygen atoms in total. The van der Waals surface area contributed by atoms with Crippen LogP contribution in [0.5, 0.6) is 5.75 Å². The molecule has 0 fully saturated rings. The van der Waals surface area contributed by atoms with Crippen LogP contribution in [0.2, 0.25) is 5.02 Å². The van der Waals surface area contributed by atoms with Crippen molar-refractivity contribution < 1.29 is 9.53 Å². The Hall–Kier alpha value is -1.59. The van der Waals surface area contributed by atoms with Gasteiger partial charge in [-0.25, -0.2) is 4.98 Å². The number of rotatable bonds is 4. The fourth-order valence-electron chi connectivity index (χ4n) is 1.34. The number of nitrogens with one attached hydrogen (secondary N) is 1. The van der Waals surface area contributed by atoms with Crippen molar-refractivity contribution in [3.8, 4) is 5.75 Å². The van der Waals surface area contributed by atoms with E-state index in [1.54, 1.807) is 42.5 Å². The number of amides is 1. The number of anilines is 1. The molecule has 0 aliphatic carbocycles. The van der Waals surface area contributed by atoms with E-state index >= 15 is 0 Å². The molecule has 0 unspecified atom stereocenters. The van der Waals surface area contributed by atoms with E-state index in [-0.39, 0.29) is 12.5 Å². The summed E-state index contributed by atoms with van der Waals surface area (Å²) in [5.74, 6) is 0.779. The van der Waals surface area contributed by atoms with Gasteiger partial charge in [-0.1, -0.05) is 17.7 Å². The Labute approximate surface area is 123 Å². The molecule has 1 N–H and O–H groups in total. The molecule has 2 aromatic rings. The number of ether oxygens (including phenoxy) is 1. The van der Waals surface area contributed by atoms with Gasteiger partial charge >= 0.3 is 0 Å². The topological polar surface area (TPSA) is 51.2 Å². The Morgan fingerprint density at radius 1 is 1.26 bits per heavy atom. The summed E-state index contributed by atoms with van der Waals surface area (Å²) in [6, 6.07) is 12.1. The SMILES string of the molecule is O=C(COc1ccc(Cl)cc1)Nc1cccc(Br)n1. The van der Waals surface area contributed by atoms with E-state index in [1.807, 2.05) is 0 Å². The molecule has 0 aliphatic heterocycles. The minimum atomic E-state index is -0.277. The van der Waals surface area contributed by atoms with Gasteiger partial charge in [-0.2, -0.15) is 0 Å². The molecule has 98 valence electrons. The lowest BCUT2D eigenvalue weighted by Gasteiger charge is -2.07. The Bertz CT molecular complexity index is 575. The van der Waals surface area contributed by atoms with E-state index < -0.39 is 0 Å². The number of carbonyl (C=O) groups excluding carboxylic acids is 1. The maximum Gasteiger partial charge on any atom is 0.263 e. The Balaban J connectivity index is 1.86. The molecule has 0 bridgehead atoms. The van der Waals surface area contributed by atoms with Gasteiger partial charge in [-0.05, 0) is 52.3 Å². The molecular weight excluding hydrogens is 332 g/mol. The van der Waals surface area contributed by atoms with Crippen molar-refractivity contribution in [2.45, 2.75) is 0 Å². The molecule has 0 saturated carbocycles. The summed E-state index contributed by atoms with van der Waals surface area (Å²) in [6.07, 6.45) is 0. The van der Waals surface area contributed by atoms with Gasteiger partial charge in [0.1, 0.15) is 16.2 Å². The van der Waals surface area contributed by atoms with Gasteiger partial charge in [0.25, 0.3) is 5.91 Å². The van der Waals surface area contributed by atoms with Gasteiger partial charge in [-0.15, -0.1) is 0 Å². The first-order chi connectivity index (χ1) is 9.13. The summed E-state index contributed by atoms with van der Waals surface area (Å²) in [7, 11) is 0. The average molecular weight is 342 g/mol. The van der Waals surface area contributed by atoms with E-state index in [2.05, 4.69) is 26.2 Å². The van der Waals surface area contributed by atoms with Crippen molar-refractivity contribution in [3.63, 3.8) is 0 Å². The highest BCUT2D eigenvalue weighted by atomic mass is 79.9. The van der Waals surface area contributed by atoms with Crippen molar-refractivity contribution in [2.24, 2.45) is 0 Å². The van der Waals surface area contributed by atoms with Crippen LogP contribution in [0.1, 0.15) is 0 Å². The molecule has 1 amide bonds. The lowest BCUT2D eigenvalue weighted by atomic mass is 10.3. The first-order valence-corrected chi connectivity index (χ1v) is 6.61. The summed E-state index contributed by atoms with van der Waals surface area (Å²) in [6.45, 7) is -0.0875. The Kier molecular flexibility index (Phi) is 4.76. The summed E-state index contributed by atoms with van der Waals surface area (Å²) >= 11 is 8.98. The van der Waals surface area contributed by atoms with Crippen molar-refractivity contribution in [1.82, 2.24) is 4.98 Å². The Morgan fingerprint density at radius 3 is 2.68 bits per heavy atom. The van der Waals surface area contributed by atoms with Gasteiger partial charge in [-0.3, -0.25) is 4.79 Å². The molecule has 2 rings (SSSR count). The van der Waals surface area contributed by atoms with Crippen molar-refractivity contribution in [1.29, 1.82) is 0 Å². The smallest absolute Gasteiger partial charge is 0.263 e. The number of aromatic nitrogens is 1. The number of nitrogens with zero attached hydrogens (tertiary/aromatic N) is 1. The molecular formula is C13H10BrClN2O2. The average Bonchev–Trinajstić information content (AvgIpc) is 2.38. The van der Waals surface area contributed by atoms with Crippen molar-refractivity contribution in [2.75, 3.05) is 11.9 Å². The molecule has 0 aliphatic rings. The van der Waals surface area contributed by atoms with Gasteiger partial charge in [0.15, 0.2) is 6.61 Å². The zero-order chi connectivity index (χ0) is 13.7. The summed E-state index contributed by atoms with van der Waals surface area (Å²) < 4.78 is 5.97. The minimum Gasteiger partial charge on any atom is -0.484 e. The third-order valence-electron chi connectivity index (χ3n) is 2.17. The lowest BCUT2D eigenvalue weighted by Crippen LogP contribution is -2.20. The normalized spacial score (nSPS) is 10.0. The third-order valence-corrected chi connectivity index (χ3v) is 2.86. The third kappa shape index (κ3) is 4.54. The second kappa shape index (κ2) is 6.54. The summed E-state index contributed by atoms with van der Waals surface area (Å²) in [5.41, 5.74) is 0. The van der Waals surface area contributed by atoms with Crippen LogP contribution in [-0.2, 0) is 4.79 Å². The van der Waals surface area contributed by atoms with Crippen LogP contribution >= 0.6 is 27.5 Å². The quantitative estimate of drug-likeness (QED) is 0.866. The van der Waals surface area contributed by atoms with E-state index in [9.17, 15) is 4.79 Å². The minimum absolute atomic E-state index is 0.0875. The van der Waals surface area contributed by atoms with Gasteiger partial charge < -0.3 is 10.1 Å². The molecule has 1 heterocycles. The van der Waals surface area contributed by atoms with Crippen LogP contribution in [0.3, 0.4) is 0 Å². The molecule has 6 heteroatoms. The lowest BCUT2D eigenvalue weighted by molar-refractivity contribution is -0.118. The van der Waals surface area contributed by atoms with Crippen molar-refractivity contribution in [3.05, 3.63) is 52.1 Å². The highest BCUT2D eigenvalue weighted by Gasteiger charge is 2.04. The van der Waals surface area contributed by atoms with Crippen LogP contribution in [0.4, 0.5) is 5.82 Å². The molecule has 1 aromatic carbocycles.